The van der Waals surface area contributed by atoms with E-state index in [4.69, 9.17) is 9.47 Å². The minimum atomic E-state index is -3.96. The van der Waals surface area contributed by atoms with Gasteiger partial charge < -0.3 is 19.5 Å². The molecule has 2 aromatic carbocycles. The van der Waals surface area contributed by atoms with Crippen molar-refractivity contribution < 1.29 is 40.6 Å². The van der Waals surface area contributed by atoms with Gasteiger partial charge in [-0.15, -0.1) is 0 Å². The number of benzene rings is 2. The van der Waals surface area contributed by atoms with Gasteiger partial charge in [-0.3, -0.25) is 9.52 Å². The molecule has 1 heterocycles. The van der Waals surface area contributed by atoms with Crippen LogP contribution in [0.3, 0.4) is 0 Å². The number of anilines is 1. The maximum Gasteiger partial charge on any atom is 0.258 e. The number of nitrogens with one attached hydrogen (secondary N) is 1. The molecule has 0 saturated carbocycles. The van der Waals surface area contributed by atoms with Crippen molar-refractivity contribution in [3.63, 3.8) is 0 Å². The first-order valence-corrected chi connectivity index (χ1v) is 17.5. The van der Waals surface area contributed by atoms with Gasteiger partial charge in [0.15, 0.2) is 0 Å². The zero-order chi connectivity index (χ0) is 31.9. The number of amides is 1. The van der Waals surface area contributed by atoms with Crippen molar-refractivity contribution in [3.05, 3.63) is 53.8 Å². The molecule has 0 aliphatic carbocycles. The van der Waals surface area contributed by atoms with Crippen LogP contribution in [0.25, 0.3) is 0 Å². The zero-order valence-corrected chi connectivity index (χ0v) is 26.8. The number of nitrogens with zero attached hydrogens (tertiary/aromatic N) is 2. The average molecular weight is 644 g/mol. The summed E-state index contributed by atoms with van der Waals surface area (Å²) in [5.41, 5.74) is 0.309. The maximum absolute atomic E-state index is 14.1. The van der Waals surface area contributed by atoms with Gasteiger partial charge in [0.05, 0.1) is 41.6 Å². The summed E-state index contributed by atoms with van der Waals surface area (Å²) >= 11 is 0. The molecule has 0 spiro atoms. The Morgan fingerprint density at radius 3 is 2.42 bits per heavy atom. The number of rotatable bonds is 8. The fourth-order valence-corrected chi connectivity index (χ4v) is 6.54. The first-order valence-electron chi connectivity index (χ1n) is 14.2. The molecule has 0 saturated heterocycles. The van der Waals surface area contributed by atoms with Gasteiger partial charge in [0, 0.05) is 38.3 Å². The van der Waals surface area contributed by atoms with Crippen molar-refractivity contribution in [3.8, 4) is 5.75 Å². The van der Waals surface area contributed by atoms with Crippen molar-refractivity contribution in [1.29, 1.82) is 0 Å². The fourth-order valence-electron chi connectivity index (χ4n) is 4.80. The lowest BCUT2D eigenvalue weighted by Crippen LogP contribution is -2.48. The van der Waals surface area contributed by atoms with Crippen LogP contribution in [0.15, 0.2) is 47.4 Å². The predicted molar refractivity (Wildman–Crippen MR) is 162 cm³/mol. The molecule has 0 fully saturated rings. The Hall–Kier alpha value is -2.78. The molecule has 0 radical (unpaired) electrons. The number of fused-ring (bicyclic) bond motifs is 1. The number of ether oxygens (including phenoxy) is 2. The summed E-state index contributed by atoms with van der Waals surface area (Å²) in [5, 5.41) is 10.1. The van der Waals surface area contributed by atoms with Gasteiger partial charge in [-0.1, -0.05) is 6.92 Å². The number of halogens is 1. The lowest BCUT2D eigenvalue weighted by Gasteiger charge is -2.35. The Bertz CT molecular complexity index is 1450. The van der Waals surface area contributed by atoms with E-state index in [-0.39, 0.29) is 47.7 Å². The molecule has 240 valence electrons. The topological polar surface area (TPSA) is 143 Å². The smallest absolute Gasteiger partial charge is 0.258 e. The molecule has 0 unspecified atom stereocenters. The monoisotopic (exact) mass is 643 g/mol. The van der Waals surface area contributed by atoms with Crippen molar-refractivity contribution in [1.82, 2.24) is 9.21 Å². The molecule has 0 bridgehead atoms. The highest BCUT2D eigenvalue weighted by Crippen LogP contribution is 2.29. The Labute approximate surface area is 254 Å². The third-order valence-electron chi connectivity index (χ3n) is 7.31. The van der Waals surface area contributed by atoms with Gasteiger partial charge in [0.1, 0.15) is 11.6 Å². The third kappa shape index (κ3) is 9.60. The molecule has 2 N–H and O–H groups in total. The molecule has 14 heteroatoms. The first kappa shape index (κ1) is 34.7. The molecule has 1 aliphatic rings. The summed E-state index contributed by atoms with van der Waals surface area (Å²) < 4.78 is 79.6. The van der Waals surface area contributed by atoms with Gasteiger partial charge in [-0.05, 0) is 75.6 Å². The van der Waals surface area contributed by atoms with E-state index < -0.39 is 49.8 Å². The number of hydrogen-bond donors (Lipinski definition) is 2. The second kappa shape index (κ2) is 14.8. The highest BCUT2D eigenvalue weighted by Gasteiger charge is 2.32. The van der Waals surface area contributed by atoms with Crippen molar-refractivity contribution in [2.75, 3.05) is 44.3 Å². The van der Waals surface area contributed by atoms with Gasteiger partial charge in [-0.25, -0.2) is 21.2 Å². The first-order chi connectivity index (χ1) is 20.1. The standard InChI is InChI=1S/C29H42FN3O8S2/c1-20-17-33(21(2)19-34)29(35)26-16-24(31-42(5,36)37)11-14-27(26)41-22(3)8-6-7-15-40-28(20)18-32(4)43(38,39)25-12-9-23(30)10-13-25/h9-14,16,20-22,28,31,34H,6-8,15,17-19H2,1-5H3/t20-,21-,22-,28-/m1/s1. The van der Waals surface area contributed by atoms with Crippen LogP contribution in [-0.4, -0.2) is 94.9 Å². The summed E-state index contributed by atoms with van der Waals surface area (Å²) in [6.45, 7) is 5.45. The normalized spacial score (nSPS) is 21.9. The number of sulfonamides is 2. The van der Waals surface area contributed by atoms with Gasteiger partial charge in [0.25, 0.3) is 5.91 Å². The molecule has 1 amide bonds. The van der Waals surface area contributed by atoms with E-state index in [2.05, 4.69) is 4.72 Å². The number of aliphatic hydroxyl groups excluding tert-OH is 1. The average Bonchev–Trinajstić information content (AvgIpc) is 2.93. The summed E-state index contributed by atoms with van der Waals surface area (Å²) in [5.74, 6) is -1.15. The number of hydrogen-bond acceptors (Lipinski definition) is 8. The van der Waals surface area contributed by atoms with Crippen LogP contribution in [0.5, 0.6) is 5.75 Å². The van der Waals surface area contributed by atoms with Gasteiger partial charge >= 0.3 is 0 Å². The van der Waals surface area contributed by atoms with E-state index >= 15 is 0 Å². The molecule has 11 nitrogen and oxygen atoms in total. The number of carbonyl (C=O) groups is 1. The van der Waals surface area contributed by atoms with Crippen LogP contribution in [0.4, 0.5) is 10.1 Å². The van der Waals surface area contributed by atoms with Gasteiger partial charge in [-0.2, -0.15) is 4.31 Å². The largest absolute Gasteiger partial charge is 0.490 e. The third-order valence-corrected chi connectivity index (χ3v) is 9.76. The van der Waals surface area contributed by atoms with E-state index in [9.17, 15) is 31.1 Å². The van der Waals surface area contributed by atoms with Crippen LogP contribution in [-0.2, 0) is 24.8 Å². The van der Waals surface area contributed by atoms with Crippen molar-refractivity contribution in [2.24, 2.45) is 5.92 Å². The molecule has 4 atom stereocenters. The van der Waals surface area contributed by atoms with E-state index in [0.29, 0.717) is 19.4 Å². The van der Waals surface area contributed by atoms with Crippen molar-refractivity contribution >= 4 is 31.6 Å². The minimum absolute atomic E-state index is 0.0328. The SMILES string of the molecule is C[C@@H]1CCCCO[C@H](CN(C)S(=O)(=O)c2ccc(F)cc2)[C@H](C)CN([C@H](C)CO)C(=O)c2cc(NS(C)(=O)=O)ccc2O1. The second-order valence-electron chi connectivity index (χ2n) is 11.1. The van der Waals surface area contributed by atoms with Crippen molar-refractivity contribution in [2.45, 2.75) is 63.2 Å². The van der Waals surface area contributed by atoms with Crippen LogP contribution in [0.1, 0.15) is 50.4 Å². The number of likely N-dealkylation sites (N-methyl/N-ethyl adjacent to an activating group) is 1. The van der Waals surface area contributed by atoms with Crippen LogP contribution >= 0.6 is 0 Å². The molecular weight excluding hydrogens is 601 g/mol. The van der Waals surface area contributed by atoms with E-state index in [0.717, 1.165) is 29.1 Å². The highest BCUT2D eigenvalue weighted by atomic mass is 32.2. The maximum atomic E-state index is 14.1. The molecule has 43 heavy (non-hydrogen) atoms. The minimum Gasteiger partial charge on any atom is -0.490 e. The summed E-state index contributed by atoms with van der Waals surface area (Å²) in [4.78, 5) is 15.5. The zero-order valence-electron chi connectivity index (χ0n) is 25.2. The lowest BCUT2D eigenvalue weighted by molar-refractivity contribution is -0.00833. The van der Waals surface area contributed by atoms with E-state index in [1.54, 1.807) is 13.0 Å². The van der Waals surface area contributed by atoms with Crippen LogP contribution in [0, 0.1) is 11.7 Å². The Morgan fingerprint density at radius 1 is 1.12 bits per heavy atom. The molecule has 0 aromatic heterocycles. The molecule has 3 rings (SSSR count). The Morgan fingerprint density at radius 2 is 1.79 bits per heavy atom. The van der Waals surface area contributed by atoms with Crippen LogP contribution < -0.4 is 9.46 Å². The van der Waals surface area contributed by atoms with E-state index in [1.165, 1.54) is 36.2 Å². The highest BCUT2D eigenvalue weighted by molar-refractivity contribution is 7.92. The predicted octanol–water partition coefficient (Wildman–Crippen LogP) is 3.31. The molecule has 1 aliphatic heterocycles. The quantitative estimate of drug-likeness (QED) is 0.446. The number of carbonyl (C=O) groups excluding carboxylic acids is 1. The summed E-state index contributed by atoms with van der Waals surface area (Å²) in [6, 6.07) is 8.42. The van der Waals surface area contributed by atoms with Crippen LogP contribution in [0.2, 0.25) is 0 Å². The summed E-state index contributed by atoms with van der Waals surface area (Å²) in [6.07, 6.45) is 2.19. The number of aliphatic hydroxyl groups is 1. The summed E-state index contributed by atoms with van der Waals surface area (Å²) in [7, 11) is -6.16. The Kier molecular flexibility index (Phi) is 11.9. The lowest BCUT2D eigenvalue weighted by atomic mass is 10.0. The van der Waals surface area contributed by atoms with Gasteiger partial charge in [0.2, 0.25) is 20.0 Å². The van der Waals surface area contributed by atoms with E-state index in [1.807, 2.05) is 13.8 Å². The Balaban J connectivity index is 1.98. The molecule has 2 aromatic rings. The molecular formula is C29H42FN3O8S2. The fraction of sp³-hybridized carbons (Fsp3) is 0.552. The second-order valence-corrected chi connectivity index (χ2v) is 14.9.